The summed E-state index contributed by atoms with van der Waals surface area (Å²) in [5.74, 6) is 0.0677. The summed E-state index contributed by atoms with van der Waals surface area (Å²) in [4.78, 5) is 31.8. The summed E-state index contributed by atoms with van der Waals surface area (Å²) in [6, 6.07) is 7.18. The van der Waals surface area contributed by atoms with E-state index in [1.54, 1.807) is 12.1 Å². The maximum absolute atomic E-state index is 10.2. The molecule has 1 aromatic heterocycles. The smallest absolute Gasteiger partial charge is 0.232 e. The van der Waals surface area contributed by atoms with E-state index in [4.69, 9.17) is 34.8 Å². The van der Waals surface area contributed by atoms with Gasteiger partial charge in [-0.05, 0) is 35.3 Å². The third-order valence-electron chi connectivity index (χ3n) is 2.82. The molecule has 118 valence electrons. The number of carbonyl (C=O) groups excluding carboxylic acids is 2. The fourth-order valence-electron chi connectivity index (χ4n) is 1.75. The van der Waals surface area contributed by atoms with Crippen molar-refractivity contribution in [3.05, 3.63) is 39.9 Å². The molecule has 2 heterocycles. The van der Waals surface area contributed by atoms with E-state index in [0.717, 1.165) is 6.32 Å². The number of carbonyl (C=O) groups is 2. The maximum atomic E-state index is 10.2. The summed E-state index contributed by atoms with van der Waals surface area (Å²) in [6.07, 6.45) is 1.26. The molecule has 1 saturated heterocycles. The maximum Gasteiger partial charge on any atom is 0.232 e. The molecule has 10 heteroatoms. The number of benzene rings is 1. The van der Waals surface area contributed by atoms with Crippen LogP contribution in [0.25, 0.3) is 0 Å². The van der Waals surface area contributed by atoms with Gasteiger partial charge in [0, 0.05) is 6.42 Å². The van der Waals surface area contributed by atoms with Gasteiger partial charge in [-0.2, -0.15) is 15.0 Å². The zero-order valence-corrected chi connectivity index (χ0v) is 14.0. The van der Waals surface area contributed by atoms with E-state index < -0.39 is 0 Å². The lowest BCUT2D eigenvalue weighted by molar-refractivity contribution is -0.131. The minimum absolute atomic E-state index is 0.0227. The van der Waals surface area contributed by atoms with E-state index in [2.05, 4.69) is 20.3 Å². The van der Waals surface area contributed by atoms with Crippen molar-refractivity contribution in [3.8, 4) is 0 Å². The summed E-state index contributed by atoms with van der Waals surface area (Å²) >= 11 is 17.2. The van der Waals surface area contributed by atoms with E-state index in [1.165, 1.54) is 0 Å². The highest BCUT2D eigenvalue weighted by Gasteiger charge is 2.20. The number of ketones is 1. The molecule has 0 saturated carbocycles. The zero-order valence-electron chi connectivity index (χ0n) is 11.7. The Morgan fingerprint density at radius 3 is 2.13 bits per heavy atom. The van der Waals surface area contributed by atoms with E-state index in [-0.39, 0.29) is 28.0 Å². The molecular weight excluding hydrogens is 361 g/mol. The Bertz CT molecular complexity index is 711. The number of anilines is 2. The van der Waals surface area contributed by atoms with Gasteiger partial charge in [0.1, 0.15) is 0 Å². The highest BCUT2D eigenvalue weighted by Crippen LogP contribution is 2.23. The van der Waals surface area contributed by atoms with Gasteiger partial charge >= 0.3 is 0 Å². The van der Waals surface area contributed by atoms with Crippen molar-refractivity contribution in [1.29, 1.82) is 0 Å². The lowest BCUT2D eigenvalue weighted by atomic mass is 9.76. The fourth-order valence-corrected chi connectivity index (χ4v) is 2.30. The molecule has 0 aliphatic carbocycles. The minimum atomic E-state index is -0.181. The second-order valence-corrected chi connectivity index (χ2v) is 5.59. The molecular formula is C13H10BCl3N4O2. The predicted octanol–water partition coefficient (Wildman–Crippen LogP) is 2.92. The largest absolute Gasteiger partial charge is 0.323 e. The number of para-hydroxylation sites is 1. The summed E-state index contributed by atoms with van der Waals surface area (Å²) in [7, 11) is 0.485. The summed E-state index contributed by atoms with van der Waals surface area (Å²) in [5, 5.41) is 3.49. The Labute approximate surface area is 147 Å². The molecule has 3 rings (SSSR count). The van der Waals surface area contributed by atoms with Gasteiger partial charge in [-0.15, -0.1) is 0 Å². The third-order valence-corrected chi connectivity index (χ3v) is 3.49. The standard InChI is InChI=1S/C9H5Cl3N4.C4H5BO2/c10-5-3-1-2-4-6(5)13-9-15-7(11)14-8(12)16-9;6-3-1-2-5-4(3)7/h1-4H,(H,13,14,15,16);5H,1-2H2. The Morgan fingerprint density at radius 2 is 1.65 bits per heavy atom. The summed E-state index contributed by atoms with van der Waals surface area (Å²) in [6.45, 7) is 0. The van der Waals surface area contributed by atoms with Crippen LogP contribution in [0.2, 0.25) is 21.9 Å². The SMILES string of the molecule is Clc1nc(Cl)nc(Nc2ccccc2Cl)n1.O=C1BCCC1=O. The lowest BCUT2D eigenvalue weighted by Crippen LogP contribution is -2.08. The monoisotopic (exact) mass is 370 g/mol. The summed E-state index contributed by atoms with van der Waals surface area (Å²) < 4.78 is 0. The number of nitrogens with zero attached hydrogens (tertiary/aromatic N) is 3. The molecule has 0 spiro atoms. The van der Waals surface area contributed by atoms with Crippen LogP contribution in [0.15, 0.2) is 24.3 Å². The first-order chi connectivity index (χ1) is 11.0. The number of hydrogen-bond donors (Lipinski definition) is 1. The van der Waals surface area contributed by atoms with Crippen molar-refractivity contribution in [2.75, 3.05) is 5.32 Å². The van der Waals surface area contributed by atoms with Crippen LogP contribution in [-0.2, 0) is 9.59 Å². The highest BCUT2D eigenvalue weighted by molar-refractivity contribution is 6.91. The second-order valence-electron chi connectivity index (χ2n) is 4.50. The van der Waals surface area contributed by atoms with Gasteiger partial charge in [-0.1, -0.05) is 30.1 Å². The lowest BCUT2D eigenvalue weighted by Gasteiger charge is -2.06. The van der Waals surface area contributed by atoms with Crippen molar-refractivity contribution in [2.24, 2.45) is 0 Å². The van der Waals surface area contributed by atoms with Crippen molar-refractivity contribution >= 4 is 65.2 Å². The molecule has 1 fully saturated rings. The first-order valence-corrected chi connectivity index (χ1v) is 7.74. The molecule has 1 aliphatic heterocycles. The third kappa shape index (κ3) is 5.46. The number of aromatic nitrogens is 3. The predicted molar refractivity (Wildman–Crippen MR) is 91.2 cm³/mol. The molecule has 1 N–H and O–H groups in total. The average Bonchev–Trinajstić information content (AvgIpc) is 2.85. The van der Waals surface area contributed by atoms with Crippen molar-refractivity contribution in [1.82, 2.24) is 15.0 Å². The zero-order chi connectivity index (χ0) is 16.8. The minimum Gasteiger partial charge on any atom is -0.323 e. The van der Waals surface area contributed by atoms with Crippen LogP contribution in [0.3, 0.4) is 0 Å². The number of rotatable bonds is 2. The van der Waals surface area contributed by atoms with E-state index in [0.29, 0.717) is 24.4 Å². The van der Waals surface area contributed by atoms with Gasteiger partial charge in [-0.25, -0.2) is 0 Å². The van der Waals surface area contributed by atoms with E-state index >= 15 is 0 Å². The van der Waals surface area contributed by atoms with Gasteiger partial charge in [-0.3, -0.25) is 4.79 Å². The number of halogens is 3. The molecule has 6 nitrogen and oxygen atoms in total. The van der Waals surface area contributed by atoms with Gasteiger partial charge in [0.25, 0.3) is 0 Å². The molecule has 0 unspecified atom stereocenters. The van der Waals surface area contributed by atoms with Crippen LogP contribution >= 0.6 is 34.8 Å². The Kier molecular flexibility index (Phi) is 6.33. The van der Waals surface area contributed by atoms with Crippen LogP contribution in [0.5, 0.6) is 0 Å². The molecule has 2 aromatic rings. The molecule has 1 aromatic carbocycles. The van der Waals surface area contributed by atoms with Crippen LogP contribution < -0.4 is 5.32 Å². The van der Waals surface area contributed by atoms with Gasteiger partial charge in [0.2, 0.25) is 23.8 Å². The van der Waals surface area contributed by atoms with Gasteiger partial charge < -0.3 is 10.1 Å². The normalized spacial score (nSPS) is 13.2. The second kappa shape index (κ2) is 8.24. The van der Waals surface area contributed by atoms with Crippen LogP contribution in [0.4, 0.5) is 11.6 Å². The topological polar surface area (TPSA) is 84.8 Å². The van der Waals surface area contributed by atoms with Crippen LogP contribution in [0, 0.1) is 0 Å². The van der Waals surface area contributed by atoms with Crippen molar-refractivity contribution < 1.29 is 9.59 Å². The number of hydrogen-bond acceptors (Lipinski definition) is 6. The Hall–Kier alpha value is -1.70. The average molecular weight is 371 g/mol. The Morgan fingerprint density at radius 1 is 1.00 bits per heavy atom. The van der Waals surface area contributed by atoms with Crippen molar-refractivity contribution in [3.63, 3.8) is 0 Å². The number of nitrogens with one attached hydrogen (secondary N) is 1. The molecule has 0 bridgehead atoms. The molecule has 0 atom stereocenters. The van der Waals surface area contributed by atoms with Gasteiger partial charge in [0.15, 0.2) is 11.5 Å². The number of Topliss-reactive ketones (excluding diaryl/α,β-unsaturated/α-hetero) is 1. The molecule has 1 aliphatic rings. The van der Waals surface area contributed by atoms with Crippen LogP contribution in [0.1, 0.15) is 6.42 Å². The van der Waals surface area contributed by atoms with Crippen LogP contribution in [-0.4, -0.2) is 33.7 Å². The molecule has 23 heavy (non-hydrogen) atoms. The molecule has 0 amide bonds. The molecule has 0 radical (unpaired) electrons. The van der Waals surface area contributed by atoms with E-state index in [1.807, 2.05) is 12.1 Å². The fraction of sp³-hybridized carbons (Fsp3) is 0.154. The van der Waals surface area contributed by atoms with E-state index in [9.17, 15) is 9.59 Å². The quantitative estimate of drug-likeness (QED) is 0.645. The highest BCUT2D eigenvalue weighted by atomic mass is 35.5. The summed E-state index contributed by atoms with van der Waals surface area (Å²) in [5.41, 5.74) is 0.488. The van der Waals surface area contributed by atoms with Crippen molar-refractivity contribution in [2.45, 2.75) is 12.7 Å². The first-order valence-electron chi connectivity index (χ1n) is 6.60. The first kappa shape index (κ1) is 17.7. The van der Waals surface area contributed by atoms with Gasteiger partial charge in [0.05, 0.1) is 10.7 Å². The Balaban J connectivity index is 0.000000229.